The molecule has 0 saturated heterocycles. The summed E-state index contributed by atoms with van der Waals surface area (Å²) in [6.07, 6.45) is 0. The number of halogens is 4. The number of rotatable bonds is 3. The first-order chi connectivity index (χ1) is 8.28. The molecule has 0 aliphatic rings. The Kier molecular flexibility index (Phi) is 4.48. The molecule has 0 amide bonds. The van der Waals surface area contributed by atoms with Gasteiger partial charge in [0.2, 0.25) is 0 Å². The molecule has 0 aliphatic carbocycles. The second-order valence-corrected chi connectivity index (χ2v) is 4.47. The van der Waals surface area contributed by atoms with Crippen LogP contribution in [0.4, 0.5) is 13.2 Å². The molecule has 1 aromatic rings. The Morgan fingerprint density at radius 3 is 2.50 bits per heavy atom. The van der Waals surface area contributed by atoms with E-state index in [1.807, 2.05) is 0 Å². The number of benzene rings is 1. The largest absolute Gasteiger partial charge is 0.478 e. The lowest BCUT2D eigenvalue weighted by Gasteiger charge is -2.11. The van der Waals surface area contributed by atoms with E-state index < -0.39 is 23.2 Å². The highest BCUT2D eigenvalue weighted by Crippen LogP contribution is 2.40. The summed E-state index contributed by atoms with van der Waals surface area (Å²) >= 11 is 5.01. The monoisotopic (exact) mass is 295 g/mol. The van der Waals surface area contributed by atoms with Crippen molar-refractivity contribution in [2.24, 2.45) is 0 Å². The summed E-state index contributed by atoms with van der Waals surface area (Å²) in [6, 6.07) is 3.50. The van der Waals surface area contributed by atoms with Crippen LogP contribution in [0.3, 0.4) is 0 Å². The van der Waals surface area contributed by atoms with Crippen molar-refractivity contribution in [2.75, 3.05) is 0 Å². The van der Waals surface area contributed by atoms with Gasteiger partial charge in [0.25, 0.3) is 0 Å². The number of nitriles is 1. The highest BCUT2D eigenvalue weighted by Gasteiger charge is 2.31. The van der Waals surface area contributed by atoms with E-state index in [1.54, 1.807) is 6.07 Å². The third-order valence-electron chi connectivity index (χ3n) is 1.94. The molecule has 0 fully saturated rings. The van der Waals surface area contributed by atoms with Gasteiger partial charge in [-0.3, -0.25) is 0 Å². The van der Waals surface area contributed by atoms with Crippen LogP contribution in [0.25, 0.3) is 0 Å². The Morgan fingerprint density at radius 2 is 2.11 bits per heavy atom. The maximum absolute atomic E-state index is 12.3. The fourth-order valence-corrected chi connectivity index (χ4v) is 2.33. The number of hydrogen-bond acceptors (Lipinski definition) is 3. The van der Waals surface area contributed by atoms with Crippen molar-refractivity contribution in [3.63, 3.8) is 0 Å². The maximum Gasteiger partial charge on any atom is 0.446 e. The molecule has 0 saturated carbocycles. The summed E-state index contributed by atoms with van der Waals surface area (Å²) in [4.78, 5) is 10.4. The van der Waals surface area contributed by atoms with Gasteiger partial charge in [-0.15, -0.1) is 11.6 Å². The van der Waals surface area contributed by atoms with Gasteiger partial charge < -0.3 is 5.11 Å². The molecule has 0 heterocycles. The number of thioether (sulfide) groups is 1. The van der Waals surface area contributed by atoms with Gasteiger partial charge in [-0.25, -0.2) is 4.79 Å². The van der Waals surface area contributed by atoms with Gasteiger partial charge in [0.15, 0.2) is 0 Å². The third-order valence-corrected chi connectivity index (χ3v) is 3.02. The molecule has 1 N–H and O–H groups in total. The molecule has 0 aromatic heterocycles. The van der Waals surface area contributed by atoms with Gasteiger partial charge >= 0.3 is 11.5 Å². The zero-order valence-corrected chi connectivity index (χ0v) is 10.2. The second kappa shape index (κ2) is 5.50. The fraction of sp³-hybridized carbons (Fsp3) is 0.200. The summed E-state index contributed by atoms with van der Waals surface area (Å²) in [7, 11) is 0. The SMILES string of the molecule is N#Cc1cc(C(=O)O)cc(SC(F)(F)F)c1CCl. The molecule has 3 nitrogen and oxygen atoms in total. The lowest BCUT2D eigenvalue weighted by atomic mass is 10.1. The van der Waals surface area contributed by atoms with Crippen molar-refractivity contribution in [2.45, 2.75) is 16.3 Å². The predicted molar refractivity (Wildman–Crippen MR) is 59.6 cm³/mol. The average molecular weight is 296 g/mol. The minimum Gasteiger partial charge on any atom is -0.478 e. The highest BCUT2D eigenvalue weighted by atomic mass is 35.5. The summed E-state index contributed by atoms with van der Waals surface area (Å²) in [5, 5.41) is 17.5. The van der Waals surface area contributed by atoms with E-state index >= 15 is 0 Å². The van der Waals surface area contributed by atoms with Crippen LogP contribution >= 0.6 is 23.4 Å². The third kappa shape index (κ3) is 3.55. The lowest BCUT2D eigenvalue weighted by molar-refractivity contribution is -0.0328. The molecule has 0 spiro atoms. The van der Waals surface area contributed by atoms with E-state index in [-0.39, 0.29) is 27.5 Å². The number of aromatic carboxylic acids is 1. The molecule has 1 aromatic carbocycles. The number of nitrogens with zero attached hydrogens (tertiary/aromatic N) is 1. The van der Waals surface area contributed by atoms with Crippen molar-refractivity contribution in [3.05, 3.63) is 28.8 Å². The topological polar surface area (TPSA) is 61.1 Å². The Labute approximate surface area is 109 Å². The summed E-state index contributed by atoms with van der Waals surface area (Å²) < 4.78 is 36.9. The number of carboxylic acid groups (broad SMARTS) is 1. The van der Waals surface area contributed by atoms with Gasteiger partial charge in [0.05, 0.1) is 17.2 Å². The van der Waals surface area contributed by atoms with Crippen molar-refractivity contribution in [1.29, 1.82) is 5.26 Å². The number of hydrogen-bond donors (Lipinski definition) is 1. The maximum atomic E-state index is 12.3. The van der Waals surface area contributed by atoms with Crippen LogP contribution in [0.2, 0.25) is 0 Å². The second-order valence-electron chi connectivity index (χ2n) is 3.10. The number of alkyl halides is 4. The minimum absolute atomic E-state index is 0.0218. The van der Waals surface area contributed by atoms with Gasteiger partial charge in [0.1, 0.15) is 0 Å². The Balaban J connectivity index is 3.42. The fourth-order valence-electron chi connectivity index (χ4n) is 1.22. The first kappa shape index (κ1) is 14.7. The van der Waals surface area contributed by atoms with E-state index in [0.29, 0.717) is 0 Å². The molecule has 0 atom stereocenters. The highest BCUT2D eigenvalue weighted by molar-refractivity contribution is 8.00. The van der Waals surface area contributed by atoms with Crippen LogP contribution in [0, 0.1) is 11.3 Å². The Bertz CT molecular complexity index is 525. The van der Waals surface area contributed by atoms with Crippen LogP contribution in [-0.2, 0) is 5.88 Å². The number of carbonyl (C=O) groups is 1. The molecular weight excluding hydrogens is 291 g/mol. The van der Waals surface area contributed by atoms with E-state index in [4.69, 9.17) is 22.0 Å². The number of carboxylic acids is 1. The standard InChI is InChI=1S/C10H5ClF3NO2S/c11-3-7-6(4-15)1-5(9(16)17)2-8(7)18-10(12,13)14/h1-2H,3H2,(H,16,17). The van der Waals surface area contributed by atoms with Crippen LogP contribution in [0.5, 0.6) is 0 Å². The minimum atomic E-state index is -4.58. The summed E-state index contributed by atoms with van der Waals surface area (Å²) in [5.41, 5.74) is -5.15. The van der Waals surface area contributed by atoms with Crippen LogP contribution in [-0.4, -0.2) is 16.6 Å². The molecule has 0 radical (unpaired) electrons. The van der Waals surface area contributed by atoms with E-state index in [2.05, 4.69) is 0 Å². The van der Waals surface area contributed by atoms with Gasteiger partial charge in [-0.2, -0.15) is 18.4 Å². The van der Waals surface area contributed by atoms with Crippen molar-refractivity contribution >= 4 is 29.3 Å². The van der Waals surface area contributed by atoms with Crippen LogP contribution in [0.15, 0.2) is 17.0 Å². The van der Waals surface area contributed by atoms with Crippen LogP contribution in [0.1, 0.15) is 21.5 Å². The van der Waals surface area contributed by atoms with Crippen LogP contribution < -0.4 is 0 Å². The smallest absolute Gasteiger partial charge is 0.446 e. The molecule has 0 unspecified atom stereocenters. The molecule has 18 heavy (non-hydrogen) atoms. The Hall–Kier alpha value is -1.39. The van der Waals surface area contributed by atoms with Crippen molar-refractivity contribution in [1.82, 2.24) is 0 Å². The molecule has 96 valence electrons. The molecule has 0 bridgehead atoms. The van der Waals surface area contributed by atoms with E-state index in [1.165, 1.54) is 0 Å². The Morgan fingerprint density at radius 1 is 1.50 bits per heavy atom. The zero-order chi connectivity index (χ0) is 13.9. The lowest BCUT2D eigenvalue weighted by Crippen LogP contribution is -2.05. The van der Waals surface area contributed by atoms with E-state index in [0.717, 1.165) is 12.1 Å². The quantitative estimate of drug-likeness (QED) is 0.683. The molecule has 8 heteroatoms. The van der Waals surface area contributed by atoms with Gasteiger partial charge in [0, 0.05) is 10.8 Å². The average Bonchev–Trinajstić information content (AvgIpc) is 2.25. The molecule has 0 aliphatic heterocycles. The predicted octanol–water partition coefficient (Wildman–Crippen LogP) is 3.61. The van der Waals surface area contributed by atoms with Gasteiger partial charge in [-0.1, -0.05) is 0 Å². The van der Waals surface area contributed by atoms with Crippen molar-refractivity contribution < 1.29 is 23.1 Å². The normalized spacial score (nSPS) is 11.1. The van der Waals surface area contributed by atoms with E-state index in [9.17, 15) is 18.0 Å². The zero-order valence-electron chi connectivity index (χ0n) is 8.58. The molecule has 1 rings (SSSR count). The van der Waals surface area contributed by atoms with Crippen molar-refractivity contribution in [3.8, 4) is 6.07 Å². The first-order valence-electron chi connectivity index (χ1n) is 4.40. The first-order valence-corrected chi connectivity index (χ1v) is 5.75. The van der Waals surface area contributed by atoms with Gasteiger partial charge in [-0.05, 0) is 29.5 Å². The molecular formula is C10H5ClF3NO2S. The summed E-state index contributed by atoms with van der Waals surface area (Å²) in [6.45, 7) is 0. The summed E-state index contributed by atoms with van der Waals surface area (Å²) in [5.74, 6) is -1.71.